The molecule has 0 saturated heterocycles. The summed E-state index contributed by atoms with van der Waals surface area (Å²) in [7, 11) is 0. The van der Waals surface area contributed by atoms with Crippen LogP contribution in [0.5, 0.6) is 11.6 Å². The van der Waals surface area contributed by atoms with Gasteiger partial charge < -0.3 is 19.9 Å². The molecular formula is C21H24N4O6. The molecule has 31 heavy (non-hydrogen) atoms. The van der Waals surface area contributed by atoms with Gasteiger partial charge in [-0.05, 0) is 24.6 Å². The van der Waals surface area contributed by atoms with Crippen LogP contribution < -0.4 is 20.1 Å². The van der Waals surface area contributed by atoms with Crippen LogP contribution in [-0.2, 0) is 11.3 Å². The summed E-state index contributed by atoms with van der Waals surface area (Å²) in [5.41, 5.74) is 5.82. The van der Waals surface area contributed by atoms with E-state index in [9.17, 15) is 14.9 Å². The summed E-state index contributed by atoms with van der Waals surface area (Å²) in [6, 6.07) is 8.22. The van der Waals surface area contributed by atoms with E-state index in [0.29, 0.717) is 17.9 Å². The van der Waals surface area contributed by atoms with Crippen LogP contribution >= 0.6 is 0 Å². The zero-order valence-electron chi connectivity index (χ0n) is 17.2. The minimum Gasteiger partial charge on any atom is -0.490 e. The van der Waals surface area contributed by atoms with E-state index >= 15 is 0 Å². The normalized spacial score (nSPS) is 10.1. The molecule has 2 rings (SSSR count). The third kappa shape index (κ3) is 6.20. The third-order valence-corrected chi connectivity index (χ3v) is 3.89. The lowest BCUT2D eigenvalue weighted by molar-refractivity contribution is -0.383. The lowest BCUT2D eigenvalue weighted by Gasteiger charge is -2.23. The van der Waals surface area contributed by atoms with Gasteiger partial charge in [0, 0.05) is 6.07 Å². The fourth-order valence-corrected chi connectivity index (χ4v) is 2.65. The van der Waals surface area contributed by atoms with Crippen molar-refractivity contribution in [3.05, 3.63) is 71.3 Å². The van der Waals surface area contributed by atoms with Crippen LogP contribution in [0.4, 0.5) is 22.0 Å². The topological polar surface area (TPSA) is 130 Å². The maximum absolute atomic E-state index is 12.7. The Hall–Kier alpha value is -4.08. The van der Waals surface area contributed by atoms with Crippen LogP contribution in [0.3, 0.4) is 0 Å². The molecule has 0 aliphatic rings. The van der Waals surface area contributed by atoms with Gasteiger partial charge in [0.15, 0.2) is 0 Å². The highest BCUT2D eigenvalue weighted by Gasteiger charge is 2.30. The van der Waals surface area contributed by atoms with E-state index in [4.69, 9.17) is 19.9 Å². The first kappa shape index (κ1) is 23.2. The molecule has 1 aromatic heterocycles. The number of rotatable bonds is 11. The minimum absolute atomic E-state index is 0.00960. The molecule has 0 aliphatic carbocycles. The minimum atomic E-state index is -0.789. The van der Waals surface area contributed by atoms with Crippen LogP contribution in [0.15, 0.2) is 55.6 Å². The number of hydrogen-bond acceptors (Lipinski definition) is 8. The molecular weight excluding hydrogens is 404 g/mol. The highest BCUT2D eigenvalue weighted by Crippen LogP contribution is 2.37. The highest BCUT2D eigenvalue weighted by atomic mass is 16.6. The van der Waals surface area contributed by atoms with Crippen molar-refractivity contribution in [3.63, 3.8) is 0 Å². The quantitative estimate of drug-likeness (QED) is 0.324. The van der Waals surface area contributed by atoms with Gasteiger partial charge in [-0.3, -0.25) is 15.0 Å². The standard InChI is InChI=1S/C21H24N4O6/c1-4-10-30-16-9-7-8-15(12-16)14-24(21(26)29-6-3)17-13-18(31-11-5-2)23-20(22)19(17)25(27)28/h4-5,7-9,12-13H,1-2,6,10-11,14H2,3H3,(H2,22,23). The van der Waals surface area contributed by atoms with Gasteiger partial charge in [0.05, 0.1) is 18.1 Å². The molecule has 1 aromatic carbocycles. The number of benzene rings is 1. The summed E-state index contributed by atoms with van der Waals surface area (Å²) in [5.74, 6) is 0.175. The van der Waals surface area contributed by atoms with Crippen molar-refractivity contribution in [2.75, 3.05) is 30.5 Å². The fraction of sp³-hybridized carbons (Fsp3) is 0.238. The van der Waals surface area contributed by atoms with E-state index < -0.39 is 16.7 Å². The Morgan fingerprint density at radius 1 is 1.26 bits per heavy atom. The number of pyridine rings is 1. The summed E-state index contributed by atoms with van der Waals surface area (Å²) in [4.78, 5) is 28.7. The van der Waals surface area contributed by atoms with Crippen LogP contribution in [0, 0.1) is 10.1 Å². The number of carbonyl (C=O) groups excluding carboxylic acids is 1. The molecule has 0 unspecified atom stereocenters. The van der Waals surface area contributed by atoms with E-state index in [1.165, 1.54) is 12.1 Å². The van der Waals surface area contributed by atoms with E-state index in [2.05, 4.69) is 18.1 Å². The molecule has 0 atom stereocenters. The number of aromatic nitrogens is 1. The average Bonchev–Trinajstić information content (AvgIpc) is 2.74. The largest absolute Gasteiger partial charge is 0.490 e. The monoisotopic (exact) mass is 428 g/mol. The van der Waals surface area contributed by atoms with Gasteiger partial charge in [0.1, 0.15) is 24.7 Å². The number of ether oxygens (including phenoxy) is 3. The molecule has 10 nitrogen and oxygen atoms in total. The van der Waals surface area contributed by atoms with Crippen molar-refractivity contribution < 1.29 is 23.9 Å². The molecule has 1 amide bonds. The Morgan fingerprint density at radius 3 is 2.61 bits per heavy atom. The van der Waals surface area contributed by atoms with Gasteiger partial charge in [-0.15, -0.1) is 0 Å². The van der Waals surface area contributed by atoms with Crippen molar-refractivity contribution in [3.8, 4) is 11.6 Å². The van der Waals surface area contributed by atoms with E-state index in [-0.39, 0.29) is 37.1 Å². The lowest BCUT2D eigenvalue weighted by atomic mass is 10.2. The Morgan fingerprint density at radius 2 is 1.97 bits per heavy atom. The smallest absolute Gasteiger partial charge is 0.414 e. The molecule has 0 fully saturated rings. The molecule has 164 valence electrons. The molecule has 2 aromatic rings. The second-order valence-electron chi connectivity index (χ2n) is 6.10. The summed E-state index contributed by atoms with van der Waals surface area (Å²) in [6.07, 6.45) is 2.30. The maximum atomic E-state index is 12.7. The number of carbonyl (C=O) groups is 1. The number of anilines is 2. The SMILES string of the molecule is C=CCOc1cccc(CN(C(=O)OCC)c2cc(OCC=C)nc(N)c2[N+](=O)[O-])c1. The highest BCUT2D eigenvalue weighted by molar-refractivity contribution is 5.92. The molecule has 0 saturated carbocycles. The van der Waals surface area contributed by atoms with Crippen molar-refractivity contribution in [1.82, 2.24) is 4.98 Å². The first-order chi connectivity index (χ1) is 14.9. The molecule has 1 heterocycles. The molecule has 0 bridgehead atoms. The van der Waals surface area contributed by atoms with Crippen molar-refractivity contribution in [1.29, 1.82) is 0 Å². The van der Waals surface area contributed by atoms with Crippen molar-refractivity contribution in [2.24, 2.45) is 0 Å². The zero-order valence-corrected chi connectivity index (χ0v) is 17.2. The van der Waals surface area contributed by atoms with Gasteiger partial charge in [-0.2, -0.15) is 4.98 Å². The summed E-state index contributed by atoms with van der Waals surface area (Å²) in [6.45, 7) is 9.22. The molecule has 2 N–H and O–H groups in total. The van der Waals surface area contributed by atoms with Gasteiger partial charge in [0.25, 0.3) is 0 Å². The lowest BCUT2D eigenvalue weighted by Crippen LogP contribution is -2.32. The number of hydrogen-bond donors (Lipinski definition) is 1. The van der Waals surface area contributed by atoms with Gasteiger partial charge in [-0.1, -0.05) is 37.4 Å². The van der Waals surface area contributed by atoms with Crippen LogP contribution in [0.1, 0.15) is 12.5 Å². The first-order valence-corrected chi connectivity index (χ1v) is 9.36. The second kappa shape index (κ2) is 11.2. The number of nitro groups is 1. The van der Waals surface area contributed by atoms with Crippen molar-refractivity contribution in [2.45, 2.75) is 13.5 Å². The number of nitrogens with zero attached hydrogens (tertiary/aromatic N) is 3. The summed E-state index contributed by atoms with van der Waals surface area (Å²) >= 11 is 0. The van der Waals surface area contributed by atoms with Crippen LogP contribution in [-0.4, -0.2) is 35.8 Å². The average molecular weight is 428 g/mol. The molecule has 10 heteroatoms. The fourth-order valence-electron chi connectivity index (χ4n) is 2.65. The Labute approximate surface area is 179 Å². The molecule has 0 radical (unpaired) electrons. The Bertz CT molecular complexity index is 963. The second-order valence-corrected chi connectivity index (χ2v) is 6.10. The van der Waals surface area contributed by atoms with Gasteiger partial charge in [0.2, 0.25) is 11.7 Å². The summed E-state index contributed by atoms with van der Waals surface area (Å²) < 4.78 is 16.0. The number of amides is 1. The van der Waals surface area contributed by atoms with E-state index in [0.717, 1.165) is 4.90 Å². The first-order valence-electron chi connectivity index (χ1n) is 9.36. The molecule has 0 aliphatic heterocycles. The predicted molar refractivity (Wildman–Crippen MR) is 116 cm³/mol. The zero-order chi connectivity index (χ0) is 22.8. The molecule has 0 spiro atoms. The number of nitrogens with two attached hydrogens (primary N) is 1. The van der Waals surface area contributed by atoms with E-state index in [1.54, 1.807) is 37.3 Å². The summed E-state index contributed by atoms with van der Waals surface area (Å²) in [5, 5.41) is 11.7. The van der Waals surface area contributed by atoms with Crippen LogP contribution in [0.25, 0.3) is 0 Å². The van der Waals surface area contributed by atoms with Crippen LogP contribution in [0.2, 0.25) is 0 Å². The van der Waals surface area contributed by atoms with E-state index in [1.807, 2.05) is 0 Å². The number of nitrogen functional groups attached to an aromatic ring is 1. The van der Waals surface area contributed by atoms with Gasteiger partial charge in [-0.25, -0.2) is 4.79 Å². The Balaban J connectivity index is 2.53. The predicted octanol–water partition coefficient (Wildman–Crippen LogP) is 3.86. The van der Waals surface area contributed by atoms with Crippen molar-refractivity contribution >= 4 is 23.3 Å². The third-order valence-electron chi connectivity index (χ3n) is 3.89. The van der Waals surface area contributed by atoms with Gasteiger partial charge >= 0.3 is 11.8 Å². The maximum Gasteiger partial charge on any atom is 0.414 e. The Kier molecular flexibility index (Phi) is 8.38.